The first-order valence-electron chi connectivity index (χ1n) is 6.42. The van der Waals surface area contributed by atoms with Crippen LogP contribution in [0.25, 0.3) is 10.9 Å². The van der Waals surface area contributed by atoms with Gasteiger partial charge in [-0.3, -0.25) is 4.79 Å². The van der Waals surface area contributed by atoms with Crippen LogP contribution < -0.4 is 5.32 Å². The van der Waals surface area contributed by atoms with Crippen molar-refractivity contribution in [3.63, 3.8) is 0 Å². The minimum Gasteiger partial charge on any atom is -0.338 e. The van der Waals surface area contributed by atoms with Crippen LogP contribution in [0.1, 0.15) is 0 Å². The third-order valence-corrected chi connectivity index (χ3v) is 4.14. The van der Waals surface area contributed by atoms with E-state index >= 15 is 0 Å². The molecule has 5 heteroatoms. The molecule has 0 bridgehead atoms. The maximum Gasteiger partial charge on any atom is 0.244 e. The van der Waals surface area contributed by atoms with Crippen LogP contribution in [0.5, 0.6) is 0 Å². The van der Waals surface area contributed by atoms with E-state index < -0.39 is 0 Å². The highest BCUT2D eigenvalue weighted by molar-refractivity contribution is 9.10. The molecule has 0 saturated heterocycles. The van der Waals surface area contributed by atoms with E-state index in [0.717, 1.165) is 25.5 Å². The zero-order chi connectivity index (χ0) is 14.8. The predicted molar refractivity (Wildman–Crippen MR) is 92.4 cm³/mol. The van der Waals surface area contributed by atoms with Crippen molar-refractivity contribution in [2.24, 2.45) is 0 Å². The number of fused-ring (bicyclic) bond motifs is 1. The van der Waals surface area contributed by atoms with E-state index in [1.165, 1.54) is 0 Å². The number of anilines is 1. The SMILES string of the molecule is O=C(Cn1ccc2ccc(Br)cc21)Nc1cccc(Br)c1. The Hall–Kier alpha value is -1.59. The molecule has 0 aliphatic carbocycles. The Kier molecular flexibility index (Phi) is 4.12. The zero-order valence-electron chi connectivity index (χ0n) is 11.0. The van der Waals surface area contributed by atoms with Crippen LogP contribution in [0.4, 0.5) is 5.69 Å². The average Bonchev–Trinajstić information content (AvgIpc) is 2.81. The fourth-order valence-electron chi connectivity index (χ4n) is 2.22. The van der Waals surface area contributed by atoms with Gasteiger partial charge in [0, 0.05) is 26.3 Å². The molecule has 1 heterocycles. The number of aromatic nitrogens is 1. The molecule has 21 heavy (non-hydrogen) atoms. The number of hydrogen-bond acceptors (Lipinski definition) is 1. The Morgan fingerprint density at radius 1 is 1.05 bits per heavy atom. The number of hydrogen-bond donors (Lipinski definition) is 1. The van der Waals surface area contributed by atoms with Crippen molar-refractivity contribution < 1.29 is 4.79 Å². The number of halogens is 2. The third kappa shape index (κ3) is 3.36. The quantitative estimate of drug-likeness (QED) is 0.664. The Morgan fingerprint density at radius 3 is 2.67 bits per heavy atom. The highest BCUT2D eigenvalue weighted by atomic mass is 79.9. The van der Waals surface area contributed by atoms with Crippen LogP contribution in [0, 0.1) is 0 Å². The maximum atomic E-state index is 12.2. The van der Waals surface area contributed by atoms with Crippen LogP contribution in [-0.2, 0) is 11.3 Å². The molecule has 0 fully saturated rings. The summed E-state index contributed by atoms with van der Waals surface area (Å²) in [6.07, 6.45) is 1.93. The fourth-order valence-corrected chi connectivity index (χ4v) is 2.96. The summed E-state index contributed by atoms with van der Waals surface area (Å²) < 4.78 is 3.88. The van der Waals surface area contributed by atoms with Crippen molar-refractivity contribution in [3.05, 3.63) is 63.7 Å². The molecule has 0 radical (unpaired) electrons. The highest BCUT2D eigenvalue weighted by Crippen LogP contribution is 2.21. The lowest BCUT2D eigenvalue weighted by atomic mass is 10.2. The first-order valence-corrected chi connectivity index (χ1v) is 8.00. The molecule has 1 aromatic heterocycles. The summed E-state index contributed by atoms with van der Waals surface area (Å²) >= 11 is 6.85. The van der Waals surface area contributed by atoms with Gasteiger partial charge in [0.2, 0.25) is 5.91 Å². The summed E-state index contributed by atoms with van der Waals surface area (Å²) in [6, 6.07) is 15.6. The van der Waals surface area contributed by atoms with Crippen molar-refractivity contribution in [1.82, 2.24) is 4.57 Å². The first-order chi connectivity index (χ1) is 10.1. The summed E-state index contributed by atoms with van der Waals surface area (Å²) in [4.78, 5) is 12.2. The van der Waals surface area contributed by atoms with Gasteiger partial charge in [0.1, 0.15) is 6.54 Å². The van der Waals surface area contributed by atoms with Crippen LogP contribution in [0.15, 0.2) is 63.7 Å². The second-order valence-corrected chi connectivity index (χ2v) is 6.54. The Morgan fingerprint density at radius 2 is 1.86 bits per heavy atom. The molecule has 0 aliphatic heterocycles. The van der Waals surface area contributed by atoms with Gasteiger partial charge in [-0.15, -0.1) is 0 Å². The normalized spacial score (nSPS) is 10.8. The maximum absolute atomic E-state index is 12.2. The lowest BCUT2D eigenvalue weighted by Crippen LogP contribution is -2.18. The van der Waals surface area contributed by atoms with E-state index in [0.29, 0.717) is 0 Å². The van der Waals surface area contributed by atoms with Crippen molar-refractivity contribution in [1.29, 1.82) is 0 Å². The monoisotopic (exact) mass is 406 g/mol. The number of nitrogens with zero attached hydrogens (tertiary/aromatic N) is 1. The summed E-state index contributed by atoms with van der Waals surface area (Å²) in [7, 11) is 0. The van der Waals surface area contributed by atoms with Gasteiger partial charge in [-0.05, 0) is 41.8 Å². The molecule has 1 N–H and O–H groups in total. The minimum absolute atomic E-state index is 0.0504. The minimum atomic E-state index is -0.0504. The molecule has 3 nitrogen and oxygen atoms in total. The molecule has 3 rings (SSSR count). The lowest BCUT2D eigenvalue weighted by Gasteiger charge is -2.08. The van der Waals surface area contributed by atoms with Crippen LogP contribution >= 0.6 is 31.9 Å². The average molecular weight is 408 g/mol. The summed E-state index contributed by atoms with van der Waals surface area (Å²) in [5.41, 5.74) is 1.82. The topological polar surface area (TPSA) is 34.0 Å². The molecule has 0 atom stereocenters. The smallest absolute Gasteiger partial charge is 0.244 e. The van der Waals surface area contributed by atoms with Crippen molar-refractivity contribution in [2.45, 2.75) is 6.54 Å². The lowest BCUT2D eigenvalue weighted by molar-refractivity contribution is -0.116. The summed E-state index contributed by atoms with van der Waals surface area (Å²) in [5.74, 6) is -0.0504. The number of carbonyl (C=O) groups excluding carboxylic acids is 1. The molecule has 106 valence electrons. The number of nitrogens with one attached hydrogen (secondary N) is 1. The van der Waals surface area contributed by atoms with Gasteiger partial charge in [0.15, 0.2) is 0 Å². The number of amides is 1. The van der Waals surface area contributed by atoms with Gasteiger partial charge in [-0.2, -0.15) is 0 Å². The predicted octanol–water partition coefficient (Wildman–Crippen LogP) is 4.81. The van der Waals surface area contributed by atoms with E-state index in [2.05, 4.69) is 37.2 Å². The van der Waals surface area contributed by atoms with E-state index in [1.54, 1.807) is 0 Å². The summed E-state index contributed by atoms with van der Waals surface area (Å²) in [6.45, 7) is 0.284. The Bertz CT molecular complexity index is 811. The molecule has 0 unspecified atom stereocenters. The molecule has 0 spiro atoms. The molecule has 1 amide bonds. The molecular formula is C16H12Br2N2O. The third-order valence-electron chi connectivity index (χ3n) is 3.16. The van der Waals surface area contributed by atoms with Crippen molar-refractivity contribution in [3.8, 4) is 0 Å². The second-order valence-electron chi connectivity index (χ2n) is 4.71. The highest BCUT2D eigenvalue weighted by Gasteiger charge is 2.07. The molecule has 2 aromatic carbocycles. The second kappa shape index (κ2) is 6.03. The van der Waals surface area contributed by atoms with Crippen molar-refractivity contribution >= 4 is 54.4 Å². The van der Waals surface area contributed by atoms with Gasteiger partial charge in [0.25, 0.3) is 0 Å². The van der Waals surface area contributed by atoms with Crippen LogP contribution in [0.3, 0.4) is 0 Å². The number of rotatable bonds is 3. The van der Waals surface area contributed by atoms with Gasteiger partial charge in [-0.1, -0.05) is 44.0 Å². The Labute approximate surface area is 139 Å². The van der Waals surface area contributed by atoms with Gasteiger partial charge in [-0.25, -0.2) is 0 Å². The summed E-state index contributed by atoms with van der Waals surface area (Å²) in [5, 5.41) is 4.02. The van der Waals surface area contributed by atoms with E-state index in [1.807, 2.05) is 59.3 Å². The molecular weight excluding hydrogens is 396 g/mol. The fraction of sp³-hybridized carbons (Fsp3) is 0.0625. The van der Waals surface area contributed by atoms with E-state index in [4.69, 9.17) is 0 Å². The standard InChI is InChI=1S/C16H12Br2N2O/c17-12-2-1-3-14(8-12)19-16(21)10-20-7-6-11-4-5-13(18)9-15(11)20/h1-9H,10H2,(H,19,21). The number of carbonyl (C=O) groups is 1. The first kappa shape index (κ1) is 14.4. The van der Waals surface area contributed by atoms with E-state index in [9.17, 15) is 4.79 Å². The van der Waals surface area contributed by atoms with E-state index in [-0.39, 0.29) is 12.5 Å². The largest absolute Gasteiger partial charge is 0.338 e. The molecule has 0 aliphatic rings. The molecule has 3 aromatic rings. The Balaban J connectivity index is 1.79. The van der Waals surface area contributed by atoms with Gasteiger partial charge in [0.05, 0.1) is 0 Å². The van der Waals surface area contributed by atoms with Gasteiger partial charge < -0.3 is 9.88 Å². The number of benzene rings is 2. The zero-order valence-corrected chi connectivity index (χ0v) is 14.2. The van der Waals surface area contributed by atoms with Crippen LogP contribution in [-0.4, -0.2) is 10.5 Å². The van der Waals surface area contributed by atoms with Gasteiger partial charge >= 0.3 is 0 Å². The van der Waals surface area contributed by atoms with Crippen LogP contribution in [0.2, 0.25) is 0 Å². The van der Waals surface area contributed by atoms with Crippen molar-refractivity contribution in [2.75, 3.05) is 5.32 Å². The molecule has 0 saturated carbocycles.